The first-order valence-corrected chi connectivity index (χ1v) is 6.72. The first kappa shape index (κ1) is 14.5. The molecule has 20 heavy (non-hydrogen) atoms. The number of aliphatic hydroxyl groups is 1. The fraction of sp³-hybridized carbons (Fsp3) is 0.615. The lowest BCUT2D eigenvalue weighted by Crippen LogP contribution is -2.38. The van der Waals surface area contributed by atoms with E-state index in [9.17, 15) is 14.7 Å². The second kappa shape index (κ2) is 5.62. The molecule has 0 saturated heterocycles. The minimum absolute atomic E-state index is 0.328. The van der Waals surface area contributed by atoms with Crippen molar-refractivity contribution in [3.63, 3.8) is 0 Å². The van der Waals surface area contributed by atoms with E-state index in [2.05, 4.69) is 4.98 Å². The van der Waals surface area contributed by atoms with E-state index in [1.165, 1.54) is 17.9 Å². The molecule has 0 bridgehead atoms. The monoisotopic (exact) mass is 280 g/mol. The molecule has 0 aliphatic heterocycles. The Labute approximate surface area is 116 Å². The topological polar surface area (TPSA) is 82.1 Å². The smallest absolute Gasteiger partial charge is 0.332 e. The largest absolute Gasteiger partial charge is 0.393 e. The number of hydrogen-bond acceptors (Lipinski definition) is 4. The van der Waals surface area contributed by atoms with Crippen LogP contribution in [0.4, 0.5) is 0 Å². The lowest BCUT2D eigenvalue weighted by molar-refractivity contribution is 0.180. The van der Waals surface area contributed by atoms with Gasteiger partial charge in [-0.15, -0.1) is 0 Å². The molecule has 2 heterocycles. The average Bonchev–Trinajstić information content (AvgIpc) is 2.77. The third-order valence-electron chi connectivity index (χ3n) is 3.45. The van der Waals surface area contributed by atoms with Gasteiger partial charge in [-0.3, -0.25) is 13.9 Å². The van der Waals surface area contributed by atoms with Gasteiger partial charge in [0.1, 0.15) is 0 Å². The van der Waals surface area contributed by atoms with Gasteiger partial charge in [0, 0.05) is 20.6 Å². The van der Waals surface area contributed by atoms with Gasteiger partial charge < -0.3 is 9.67 Å². The van der Waals surface area contributed by atoms with E-state index in [-0.39, 0.29) is 17.4 Å². The van der Waals surface area contributed by atoms with Gasteiger partial charge in [0.15, 0.2) is 11.2 Å². The van der Waals surface area contributed by atoms with E-state index in [4.69, 9.17) is 0 Å². The maximum absolute atomic E-state index is 12.2. The zero-order chi connectivity index (χ0) is 14.9. The van der Waals surface area contributed by atoms with Gasteiger partial charge in [-0.05, 0) is 26.2 Å². The Morgan fingerprint density at radius 3 is 2.65 bits per heavy atom. The zero-order valence-electron chi connectivity index (χ0n) is 12.0. The van der Waals surface area contributed by atoms with Crippen LogP contribution in [-0.4, -0.2) is 29.9 Å². The Morgan fingerprint density at radius 2 is 2.00 bits per heavy atom. The zero-order valence-corrected chi connectivity index (χ0v) is 12.0. The Kier molecular flexibility index (Phi) is 4.08. The van der Waals surface area contributed by atoms with E-state index in [1.54, 1.807) is 18.5 Å². The number of unbranched alkanes of at least 4 members (excludes halogenated alkanes) is 1. The minimum Gasteiger partial charge on any atom is -0.393 e. The minimum atomic E-state index is -0.349. The van der Waals surface area contributed by atoms with Crippen LogP contribution in [0.25, 0.3) is 11.2 Å². The predicted molar refractivity (Wildman–Crippen MR) is 75.7 cm³/mol. The molecule has 0 aliphatic rings. The Hall–Kier alpha value is -1.89. The molecule has 1 N–H and O–H groups in total. The van der Waals surface area contributed by atoms with Gasteiger partial charge in [-0.1, -0.05) is 0 Å². The van der Waals surface area contributed by atoms with Crippen LogP contribution in [0.15, 0.2) is 15.9 Å². The van der Waals surface area contributed by atoms with E-state index in [1.807, 2.05) is 0 Å². The summed E-state index contributed by atoms with van der Waals surface area (Å²) in [5, 5.41) is 9.23. The van der Waals surface area contributed by atoms with E-state index < -0.39 is 0 Å². The van der Waals surface area contributed by atoms with Crippen LogP contribution in [0.3, 0.4) is 0 Å². The predicted octanol–water partition coefficient (Wildman–Crippen LogP) is -0.0152. The number of fused-ring (bicyclic) bond motifs is 1. The fourth-order valence-corrected chi connectivity index (χ4v) is 2.29. The Morgan fingerprint density at radius 1 is 1.30 bits per heavy atom. The number of rotatable bonds is 5. The summed E-state index contributed by atoms with van der Waals surface area (Å²) >= 11 is 0. The first-order chi connectivity index (χ1) is 9.43. The van der Waals surface area contributed by atoms with Crippen LogP contribution in [-0.2, 0) is 20.6 Å². The van der Waals surface area contributed by atoms with Gasteiger partial charge in [0.2, 0.25) is 0 Å². The standard InChI is InChI=1S/C13H20N4O3/c1-9(18)6-4-5-7-17-11-10(15(2)8-14-11)12(19)16(3)13(17)20/h8-9,18H,4-7H2,1-3H3/t9-/m0/s1. The van der Waals surface area contributed by atoms with Gasteiger partial charge in [-0.25, -0.2) is 9.78 Å². The molecule has 0 amide bonds. The molecule has 0 fully saturated rings. The molecule has 0 spiro atoms. The molecule has 0 radical (unpaired) electrons. The number of hydrogen-bond donors (Lipinski definition) is 1. The highest BCUT2D eigenvalue weighted by atomic mass is 16.3. The molecule has 0 unspecified atom stereocenters. The van der Waals surface area contributed by atoms with Crippen molar-refractivity contribution in [2.75, 3.05) is 0 Å². The summed E-state index contributed by atoms with van der Waals surface area (Å²) in [6.45, 7) is 2.24. The fourth-order valence-electron chi connectivity index (χ4n) is 2.29. The summed E-state index contributed by atoms with van der Waals surface area (Å²) in [6.07, 6.45) is 3.49. The highest BCUT2D eigenvalue weighted by Crippen LogP contribution is 2.07. The number of aromatic nitrogens is 4. The lowest BCUT2D eigenvalue weighted by atomic mass is 10.2. The van der Waals surface area contributed by atoms with Crippen molar-refractivity contribution in [2.24, 2.45) is 14.1 Å². The molecule has 7 nitrogen and oxygen atoms in total. The van der Waals surface area contributed by atoms with Crippen LogP contribution in [0, 0.1) is 0 Å². The van der Waals surface area contributed by atoms with Crippen LogP contribution in [0.2, 0.25) is 0 Å². The molecule has 0 aromatic carbocycles. The van der Waals surface area contributed by atoms with Crippen LogP contribution in [0.5, 0.6) is 0 Å². The number of imidazole rings is 1. The molecule has 110 valence electrons. The van der Waals surface area contributed by atoms with Crippen molar-refractivity contribution in [1.82, 2.24) is 18.7 Å². The third-order valence-corrected chi connectivity index (χ3v) is 3.45. The lowest BCUT2D eigenvalue weighted by Gasteiger charge is -2.09. The number of aliphatic hydroxyl groups excluding tert-OH is 1. The molecule has 2 rings (SSSR count). The summed E-state index contributed by atoms with van der Waals surface area (Å²) in [5.74, 6) is 0. The first-order valence-electron chi connectivity index (χ1n) is 6.72. The number of nitrogens with zero attached hydrogens (tertiary/aromatic N) is 4. The van der Waals surface area contributed by atoms with Crippen LogP contribution in [0.1, 0.15) is 26.2 Å². The summed E-state index contributed by atoms with van der Waals surface area (Å²) < 4.78 is 4.26. The normalized spacial score (nSPS) is 13.0. The van der Waals surface area contributed by atoms with Gasteiger partial charge >= 0.3 is 5.69 Å². The molecular weight excluding hydrogens is 260 g/mol. The maximum Gasteiger partial charge on any atom is 0.332 e. The third kappa shape index (κ3) is 2.53. The SMILES string of the molecule is C[C@H](O)CCCCn1c(=O)n(C)c(=O)c2c1ncn2C. The van der Waals surface area contributed by atoms with Crippen molar-refractivity contribution >= 4 is 11.2 Å². The van der Waals surface area contributed by atoms with Gasteiger partial charge in [0.25, 0.3) is 5.56 Å². The highest BCUT2D eigenvalue weighted by molar-refractivity contribution is 5.69. The quantitative estimate of drug-likeness (QED) is 0.781. The second-order valence-electron chi connectivity index (χ2n) is 5.17. The molecule has 1 atom stereocenters. The maximum atomic E-state index is 12.2. The molecule has 0 saturated carbocycles. The Balaban J connectivity index is 2.38. The van der Waals surface area contributed by atoms with Crippen molar-refractivity contribution in [2.45, 2.75) is 38.8 Å². The molecule has 0 aliphatic carbocycles. The van der Waals surface area contributed by atoms with Crippen molar-refractivity contribution < 1.29 is 5.11 Å². The van der Waals surface area contributed by atoms with Gasteiger partial charge in [-0.2, -0.15) is 0 Å². The van der Waals surface area contributed by atoms with Gasteiger partial charge in [0.05, 0.1) is 12.4 Å². The Bertz CT molecular complexity index is 724. The van der Waals surface area contributed by atoms with Crippen LogP contribution >= 0.6 is 0 Å². The second-order valence-corrected chi connectivity index (χ2v) is 5.17. The molecular formula is C13H20N4O3. The van der Waals surface area contributed by atoms with E-state index in [0.29, 0.717) is 24.1 Å². The summed E-state index contributed by atoms with van der Waals surface area (Å²) in [5.41, 5.74) is 0.184. The average molecular weight is 280 g/mol. The van der Waals surface area contributed by atoms with Crippen molar-refractivity contribution in [3.8, 4) is 0 Å². The molecule has 2 aromatic heterocycles. The summed E-state index contributed by atoms with van der Waals surface area (Å²) in [7, 11) is 3.21. The molecule has 2 aromatic rings. The van der Waals surface area contributed by atoms with Crippen molar-refractivity contribution in [1.29, 1.82) is 0 Å². The highest BCUT2D eigenvalue weighted by Gasteiger charge is 2.14. The summed E-state index contributed by atoms with van der Waals surface area (Å²) in [6, 6.07) is 0. The number of aryl methyl sites for hydroxylation is 2. The van der Waals surface area contributed by atoms with E-state index >= 15 is 0 Å². The molecule has 7 heteroatoms. The van der Waals surface area contributed by atoms with Crippen molar-refractivity contribution in [3.05, 3.63) is 27.2 Å². The summed E-state index contributed by atoms with van der Waals surface area (Å²) in [4.78, 5) is 28.4. The van der Waals surface area contributed by atoms with Crippen LogP contribution < -0.4 is 11.2 Å². The van der Waals surface area contributed by atoms with E-state index in [0.717, 1.165) is 17.4 Å².